The first-order valence-corrected chi connectivity index (χ1v) is 6.44. The van der Waals surface area contributed by atoms with Gasteiger partial charge in [0, 0.05) is 11.6 Å². The Kier molecular flexibility index (Phi) is 3.00. The molecule has 0 radical (unpaired) electrons. The third kappa shape index (κ3) is 2.22. The van der Waals surface area contributed by atoms with E-state index in [4.69, 9.17) is 23.8 Å². The third-order valence-electron chi connectivity index (χ3n) is 2.75. The molecule has 0 saturated carbocycles. The van der Waals surface area contributed by atoms with Crippen molar-refractivity contribution in [2.45, 2.75) is 0 Å². The van der Waals surface area contributed by atoms with E-state index in [0.717, 1.165) is 6.54 Å². The Hall–Kier alpha value is -1.86. The van der Waals surface area contributed by atoms with Crippen molar-refractivity contribution in [1.29, 1.82) is 0 Å². The normalized spacial score (nSPS) is 14.3. The number of guanidine groups is 1. The van der Waals surface area contributed by atoms with Gasteiger partial charge in [-0.1, -0.05) is 11.6 Å². The molecule has 0 spiro atoms. The number of aromatic nitrogens is 2. The number of H-pyrrole nitrogens is 1. The highest BCUT2D eigenvalue weighted by Gasteiger charge is 2.09. The molecule has 0 unspecified atom stereocenters. The van der Waals surface area contributed by atoms with Gasteiger partial charge in [0.25, 0.3) is 5.56 Å². The maximum Gasteiger partial charge on any atom is 0.281 e. The summed E-state index contributed by atoms with van der Waals surface area (Å²) < 4.78 is 1.51. The molecule has 0 bridgehead atoms. The predicted molar refractivity (Wildman–Crippen MR) is 78.1 cm³/mol. The van der Waals surface area contributed by atoms with Crippen LogP contribution in [0.25, 0.3) is 10.9 Å². The van der Waals surface area contributed by atoms with Gasteiger partial charge in [-0.25, -0.2) is 0 Å². The molecule has 0 amide bonds. The van der Waals surface area contributed by atoms with Gasteiger partial charge in [0.05, 0.1) is 17.4 Å². The molecule has 1 aromatic heterocycles. The molecule has 19 heavy (non-hydrogen) atoms. The number of hydrogen-bond donors (Lipinski definition) is 3. The second-order valence-corrected chi connectivity index (χ2v) is 4.85. The van der Waals surface area contributed by atoms with Gasteiger partial charge in [-0.3, -0.25) is 15.2 Å². The topological polar surface area (TPSA) is 74.2 Å². The number of hydrogen-bond acceptors (Lipinski definition) is 5. The molecule has 0 atom stereocenters. The summed E-state index contributed by atoms with van der Waals surface area (Å²) in [7, 11) is 0. The van der Waals surface area contributed by atoms with Crippen molar-refractivity contribution in [2.75, 3.05) is 18.5 Å². The third-order valence-corrected chi connectivity index (χ3v) is 3.27. The van der Waals surface area contributed by atoms with Gasteiger partial charge >= 0.3 is 0 Å². The van der Waals surface area contributed by atoms with Crippen molar-refractivity contribution < 1.29 is 0 Å². The minimum Gasteiger partial charge on any atom is -0.353 e. The van der Waals surface area contributed by atoms with E-state index in [0.29, 0.717) is 28.4 Å². The number of benzene rings is 1. The maximum absolute atomic E-state index is 12.3. The fourth-order valence-corrected chi connectivity index (χ4v) is 2.28. The molecule has 1 aromatic carbocycles. The van der Waals surface area contributed by atoms with Crippen molar-refractivity contribution in [1.82, 2.24) is 15.0 Å². The zero-order valence-electron chi connectivity index (χ0n) is 9.74. The first-order valence-electron chi connectivity index (χ1n) is 5.65. The van der Waals surface area contributed by atoms with Crippen LogP contribution in [0.5, 0.6) is 0 Å². The van der Waals surface area contributed by atoms with Crippen LogP contribution in [0.4, 0.5) is 0 Å². The number of fused-ring (bicyclic) bond motifs is 1. The fraction of sp³-hybridized carbons (Fsp3) is 0.182. The second-order valence-electron chi connectivity index (χ2n) is 4.03. The Morgan fingerprint density at radius 1 is 1.47 bits per heavy atom. The van der Waals surface area contributed by atoms with Gasteiger partial charge in [0.15, 0.2) is 4.77 Å². The van der Waals surface area contributed by atoms with Crippen molar-refractivity contribution >= 4 is 40.7 Å². The van der Waals surface area contributed by atoms with Gasteiger partial charge in [-0.05, 0) is 30.4 Å². The second kappa shape index (κ2) is 4.67. The predicted octanol–water partition coefficient (Wildman–Crippen LogP) is 1.22. The summed E-state index contributed by atoms with van der Waals surface area (Å²) in [6.07, 6.45) is 0. The van der Waals surface area contributed by atoms with Gasteiger partial charge in [-0.2, -0.15) is 4.68 Å². The van der Waals surface area contributed by atoms with E-state index in [1.807, 2.05) is 0 Å². The number of nitrogens with zero attached hydrogens (tertiary/aromatic N) is 2. The molecule has 6 nitrogen and oxygen atoms in total. The molecule has 3 rings (SSSR count). The Labute approximate surface area is 118 Å². The van der Waals surface area contributed by atoms with Crippen LogP contribution in [0.1, 0.15) is 0 Å². The highest BCUT2D eigenvalue weighted by atomic mass is 35.5. The lowest BCUT2D eigenvalue weighted by molar-refractivity contribution is 0.857. The van der Waals surface area contributed by atoms with E-state index in [1.54, 1.807) is 18.2 Å². The molecule has 2 heterocycles. The number of nitrogens with one attached hydrogen (secondary N) is 3. The van der Waals surface area contributed by atoms with Crippen LogP contribution >= 0.6 is 23.8 Å². The van der Waals surface area contributed by atoms with Crippen molar-refractivity contribution in [3.63, 3.8) is 0 Å². The Balaban J connectivity index is 2.17. The average Bonchev–Trinajstić information content (AvgIpc) is 2.87. The van der Waals surface area contributed by atoms with E-state index in [9.17, 15) is 4.79 Å². The van der Waals surface area contributed by atoms with Crippen LogP contribution < -0.4 is 16.3 Å². The molecule has 0 saturated heterocycles. The first kappa shape index (κ1) is 12.2. The van der Waals surface area contributed by atoms with Gasteiger partial charge in [-0.15, -0.1) is 0 Å². The Bertz CT molecular complexity index is 794. The van der Waals surface area contributed by atoms with E-state index in [-0.39, 0.29) is 10.3 Å². The molecule has 98 valence electrons. The lowest BCUT2D eigenvalue weighted by atomic mass is 10.2. The highest BCUT2D eigenvalue weighted by molar-refractivity contribution is 7.71. The maximum atomic E-state index is 12.3. The smallest absolute Gasteiger partial charge is 0.281 e. The molecule has 8 heteroatoms. The Morgan fingerprint density at radius 2 is 2.32 bits per heavy atom. The lowest BCUT2D eigenvalue weighted by Gasteiger charge is -2.10. The Morgan fingerprint density at radius 3 is 3.05 bits per heavy atom. The summed E-state index contributed by atoms with van der Waals surface area (Å²) in [5, 5.41) is 4.06. The van der Waals surface area contributed by atoms with Crippen LogP contribution in [0.15, 0.2) is 28.0 Å². The summed E-state index contributed by atoms with van der Waals surface area (Å²) in [6.45, 7) is 1.42. The molecular formula is C11H10ClN5OS. The van der Waals surface area contributed by atoms with Gasteiger partial charge in [0.1, 0.15) is 0 Å². The summed E-state index contributed by atoms with van der Waals surface area (Å²) in [5.41, 5.74) is 3.23. The quantitative estimate of drug-likeness (QED) is 0.692. The first-order chi connectivity index (χ1) is 9.15. The molecule has 3 N–H and O–H groups in total. The van der Waals surface area contributed by atoms with Crippen LogP contribution in [0, 0.1) is 4.77 Å². The van der Waals surface area contributed by atoms with Gasteiger partial charge < -0.3 is 10.3 Å². The summed E-state index contributed by atoms with van der Waals surface area (Å²) in [6, 6.07) is 4.99. The fourth-order valence-electron chi connectivity index (χ4n) is 1.87. The van der Waals surface area contributed by atoms with E-state index >= 15 is 0 Å². The van der Waals surface area contributed by atoms with Gasteiger partial charge in [0.2, 0.25) is 5.96 Å². The monoisotopic (exact) mass is 295 g/mol. The molecule has 0 fully saturated rings. The standard InChI is InChI=1S/C11H10ClN5OS/c12-6-1-2-7-8(5-6)15-11(19)17(9(7)18)16-10-13-3-4-14-10/h1-2,5H,3-4H2,(H,15,19)(H2,13,14,16). The number of aliphatic imine (C=N–C) groups is 1. The largest absolute Gasteiger partial charge is 0.353 e. The number of aromatic amines is 1. The zero-order valence-corrected chi connectivity index (χ0v) is 11.3. The number of halogens is 1. The molecule has 2 aromatic rings. The van der Waals surface area contributed by atoms with E-state index in [1.165, 1.54) is 4.68 Å². The van der Waals surface area contributed by atoms with Crippen molar-refractivity contribution in [3.8, 4) is 0 Å². The van der Waals surface area contributed by atoms with Crippen molar-refractivity contribution in [2.24, 2.45) is 4.99 Å². The van der Waals surface area contributed by atoms with Crippen LogP contribution in [-0.2, 0) is 0 Å². The molecule has 0 aliphatic carbocycles. The SMILES string of the molecule is O=c1c2ccc(Cl)cc2[nH]c(=S)n1NC1=NCCN1. The number of rotatable bonds is 1. The summed E-state index contributed by atoms with van der Waals surface area (Å²) in [5.74, 6) is 0.537. The van der Waals surface area contributed by atoms with E-state index < -0.39 is 0 Å². The summed E-state index contributed by atoms with van der Waals surface area (Å²) >= 11 is 11.1. The van der Waals surface area contributed by atoms with Crippen LogP contribution in [0.3, 0.4) is 0 Å². The lowest BCUT2D eigenvalue weighted by Crippen LogP contribution is -2.39. The summed E-state index contributed by atoms with van der Waals surface area (Å²) in [4.78, 5) is 19.5. The average molecular weight is 296 g/mol. The van der Waals surface area contributed by atoms with E-state index in [2.05, 4.69) is 20.7 Å². The molecule has 1 aliphatic rings. The molecule has 1 aliphatic heterocycles. The van der Waals surface area contributed by atoms with Crippen LogP contribution in [0.2, 0.25) is 5.02 Å². The minimum atomic E-state index is -0.244. The highest BCUT2D eigenvalue weighted by Crippen LogP contribution is 2.14. The van der Waals surface area contributed by atoms with Crippen LogP contribution in [-0.4, -0.2) is 28.7 Å². The molecular weight excluding hydrogens is 286 g/mol. The zero-order chi connectivity index (χ0) is 13.4. The van der Waals surface area contributed by atoms with Crippen molar-refractivity contribution in [3.05, 3.63) is 38.3 Å². The minimum absolute atomic E-state index is 0.244.